The van der Waals surface area contributed by atoms with Crippen molar-refractivity contribution in [1.29, 1.82) is 0 Å². The van der Waals surface area contributed by atoms with Crippen LogP contribution in [-0.2, 0) is 11.3 Å². The van der Waals surface area contributed by atoms with Gasteiger partial charge in [0.2, 0.25) is 0 Å². The summed E-state index contributed by atoms with van der Waals surface area (Å²) < 4.78 is 13.0. The van der Waals surface area contributed by atoms with Crippen LogP contribution in [-0.4, -0.2) is 35.1 Å². The third kappa shape index (κ3) is 4.87. The van der Waals surface area contributed by atoms with Crippen molar-refractivity contribution in [3.63, 3.8) is 0 Å². The Hall–Kier alpha value is -2.11. The van der Waals surface area contributed by atoms with E-state index >= 15 is 0 Å². The summed E-state index contributed by atoms with van der Waals surface area (Å²) in [6.45, 7) is 4.07. The van der Waals surface area contributed by atoms with Crippen molar-refractivity contribution in [3.05, 3.63) is 35.6 Å². The number of halogens is 1. The molecule has 2 N–H and O–H groups in total. The first-order valence-corrected chi connectivity index (χ1v) is 6.44. The van der Waals surface area contributed by atoms with Gasteiger partial charge in [-0.25, -0.2) is 9.18 Å². The minimum absolute atomic E-state index is 0.140. The molecule has 0 spiro atoms. The maximum absolute atomic E-state index is 13.0. The second-order valence-electron chi connectivity index (χ2n) is 4.57. The summed E-state index contributed by atoms with van der Waals surface area (Å²) in [5, 5.41) is 11.5. The van der Waals surface area contributed by atoms with Gasteiger partial charge in [0.05, 0.1) is 5.92 Å². The molecule has 0 saturated heterocycles. The van der Waals surface area contributed by atoms with Gasteiger partial charge in [0, 0.05) is 19.6 Å². The Labute approximate surface area is 117 Å². The van der Waals surface area contributed by atoms with Crippen LogP contribution in [0.5, 0.6) is 0 Å². The Kier molecular flexibility index (Phi) is 5.96. The second-order valence-corrected chi connectivity index (χ2v) is 4.57. The van der Waals surface area contributed by atoms with Crippen molar-refractivity contribution in [2.45, 2.75) is 20.4 Å². The maximum atomic E-state index is 13.0. The molecule has 2 amide bonds. The predicted octanol–water partition coefficient (Wildman–Crippen LogP) is 2.08. The molecule has 0 aliphatic carbocycles. The van der Waals surface area contributed by atoms with Crippen LogP contribution < -0.4 is 5.32 Å². The number of carbonyl (C=O) groups excluding carboxylic acids is 1. The summed E-state index contributed by atoms with van der Waals surface area (Å²) in [6.07, 6.45) is 0. The zero-order valence-corrected chi connectivity index (χ0v) is 11.6. The molecule has 20 heavy (non-hydrogen) atoms. The van der Waals surface area contributed by atoms with Crippen LogP contribution in [0.15, 0.2) is 24.3 Å². The molecule has 0 aromatic heterocycles. The van der Waals surface area contributed by atoms with Crippen LogP contribution in [0.1, 0.15) is 19.4 Å². The Bertz CT molecular complexity index is 479. The number of hydrogen-bond donors (Lipinski definition) is 2. The molecular weight excluding hydrogens is 263 g/mol. The van der Waals surface area contributed by atoms with E-state index in [9.17, 15) is 14.0 Å². The molecule has 1 aromatic carbocycles. The number of nitrogens with one attached hydrogen (secondary N) is 1. The van der Waals surface area contributed by atoms with E-state index in [1.54, 1.807) is 26.0 Å². The third-order valence-corrected chi connectivity index (χ3v) is 2.92. The molecule has 1 unspecified atom stereocenters. The summed E-state index contributed by atoms with van der Waals surface area (Å²) in [4.78, 5) is 24.1. The van der Waals surface area contributed by atoms with E-state index in [4.69, 9.17) is 5.11 Å². The van der Waals surface area contributed by atoms with Crippen molar-refractivity contribution in [3.8, 4) is 0 Å². The lowest BCUT2D eigenvalue weighted by Crippen LogP contribution is -2.42. The summed E-state index contributed by atoms with van der Waals surface area (Å²) in [5.74, 6) is -1.93. The number of benzene rings is 1. The molecular formula is C14H19FN2O3. The minimum atomic E-state index is -0.943. The molecule has 110 valence electrons. The highest BCUT2D eigenvalue weighted by atomic mass is 19.1. The smallest absolute Gasteiger partial charge is 0.317 e. The number of rotatable bonds is 6. The van der Waals surface area contributed by atoms with E-state index in [0.717, 1.165) is 0 Å². The largest absolute Gasteiger partial charge is 0.481 e. The quantitative estimate of drug-likeness (QED) is 0.839. The van der Waals surface area contributed by atoms with Gasteiger partial charge in [-0.05, 0) is 24.6 Å². The van der Waals surface area contributed by atoms with Crippen molar-refractivity contribution in [2.24, 2.45) is 5.92 Å². The number of urea groups is 1. The van der Waals surface area contributed by atoms with Crippen molar-refractivity contribution >= 4 is 12.0 Å². The topological polar surface area (TPSA) is 69.6 Å². The standard InChI is InChI=1S/C14H19FN2O3/c1-3-17(9-10(2)13(18)19)14(20)16-8-11-5-4-6-12(15)7-11/h4-7,10H,3,8-9H2,1-2H3,(H,16,20)(H,18,19). The number of hydrogen-bond acceptors (Lipinski definition) is 2. The number of amides is 2. The van der Waals surface area contributed by atoms with Crippen LogP contribution in [0.25, 0.3) is 0 Å². The SMILES string of the molecule is CCN(CC(C)C(=O)O)C(=O)NCc1cccc(F)c1. The number of carboxylic acids is 1. The van der Waals surface area contributed by atoms with Crippen LogP contribution in [0.3, 0.4) is 0 Å². The highest BCUT2D eigenvalue weighted by Gasteiger charge is 2.18. The Morgan fingerprint density at radius 1 is 1.45 bits per heavy atom. The first-order chi connectivity index (χ1) is 9.43. The van der Waals surface area contributed by atoms with E-state index in [1.807, 2.05) is 0 Å². The molecule has 0 saturated carbocycles. The van der Waals surface area contributed by atoms with Gasteiger partial charge in [-0.2, -0.15) is 0 Å². The van der Waals surface area contributed by atoms with E-state index < -0.39 is 11.9 Å². The van der Waals surface area contributed by atoms with Crippen molar-refractivity contribution < 1.29 is 19.1 Å². The summed E-state index contributed by atoms with van der Waals surface area (Å²) in [5.41, 5.74) is 0.653. The average molecular weight is 282 g/mol. The Morgan fingerprint density at radius 2 is 2.15 bits per heavy atom. The first-order valence-electron chi connectivity index (χ1n) is 6.44. The van der Waals surface area contributed by atoms with E-state index in [1.165, 1.54) is 17.0 Å². The van der Waals surface area contributed by atoms with Crippen LogP contribution in [0.4, 0.5) is 9.18 Å². The van der Waals surface area contributed by atoms with E-state index in [2.05, 4.69) is 5.32 Å². The highest BCUT2D eigenvalue weighted by Crippen LogP contribution is 2.04. The van der Waals surface area contributed by atoms with E-state index in [-0.39, 0.29) is 24.9 Å². The predicted molar refractivity (Wildman–Crippen MR) is 72.7 cm³/mol. The lowest BCUT2D eigenvalue weighted by Gasteiger charge is -2.23. The van der Waals surface area contributed by atoms with Gasteiger partial charge in [-0.3, -0.25) is 4.79 Å². The van der Waals surface area contributed by atoms with Gasteiger partial charge in [0.15, 0.2) is 0 Å². The maximum Gasteiger partial charge on any atom is 0.317 e. The molecule has 1 aromatic rings. The van der Waals surface area contributed by atoms with Crippen molar-refractivity contribution in [2.75, 3.05) is 13.1 Å². The average Bonchev–Trinajstić information content (AvgIpc) is 2.41. The third-order valence-electron chi connectivity index (χ3n) is 2.92. The minimum Gasteiger partial charge on any atom is -0.481 e. The summed E-state index contributed by atoms with van der Waals surface area (Å²) in [6, 6.07) is 5.60. The lowest BCUT2D eigenvalue weighted by atomic mass is 10.2. The lowest BCUT2D eigenvalue weighted by molar-refractivity contribution is -0.141. The molecule has 1 rings (SSSR count). The molecule has 0 aliphatic heterocycles. The fourth-order valence-corrected chi connectivity index (χ4v) is 1.70. The van der Waals surface area contributed by atoms with Gasteiger partial charge in [-0.1, -0.05) is 19.1 Å². The number of nitrogens with zero attached hydrogens (tertiary/aromatic N) is 1. The highest BCUT2D eigenvalue weighted by molar-refractivity contribution is 5.75. The normalized spacial score (nSPS) is 11.8. The monoisotopic (exact) mass is 282 g/mol. The Balaban J connectivity index is 2.53. The molecule has 0 fully saturated rings. The van der Waals surface area contributed by atoms with Gasteiger partial charge < -0.3 is 15.3 Å². The first kappa shape index (κ1) is 15.9. The van der Waals surface area contributed by atoms with Gasteiger partial charge in [0.25, 0.3) is 0 Å². The zero-order chi connectivity index (χ0) is 15.1. The van der Waals surface area contributed by atoms with Gasteiger partial charge >= 0.3 is 12.0 Å². The number of aliphatic carboxylic acids is 1. The molecule has 5 nitrogen and oxygen atoms in total. The molecule has 0 heterocycles. The van der Waals surface area contributed by atoms with Gasteiger partial charge in [-0.15, -0.1) is 0 Å². The molecule has 0 bridgehead atoms. The van der Waals surface area contributed by atoms with Crippen LogP contribution in [0, 0.1) is 11.7 Å². The van der Waals surface area contributed by atoms with Gasteiger partial charge in [0.1, 0.15) is 5.82 Å². The Morgan fingerprint density at radius 3 is 2.70 bits per heavy atom. The van der Waals surface area contributed by atoms with E-state index in [0.29, 0.717) is 12.1 Å². The zero-order valence-electron chi connectivity index (χ0n) is 11.6. The summed E-state index contributed by atoms with van der Waals surface area (Å²) in [7, 11) is 0. The fraction of sp³-hybridized carbons (Fsp3) is 0.429. The molecule has 0 aliphatic rings. The number of carboxylic acid groups (broad SMARTS) is 1. The molecule has 6 heteroatoms. The fourth-order valence-electron chi connectivity index (χ4n) is 1.70. The number of carbonyl (C=O) groups is 2. The molecule has 1 atom stereocenters. The summed E-state index contributed by atoms with van der Waals surface area (Å²) >= 11 is 0. The molecule has 0 radical (unpaired) electrons. The van der Waals surface area contributed by atoms with Crippen molar-refractivity contribution in [1.82, 2.24) is 10.2 Å². The van der Waals surface area contributed by atoms with Crippen LogP contribution in [0.2, 0.25) is 0 Å². The van der Waals surface area contributed by atoms with Crippen LogP contribution >= 0.6 is 0 Å². The second kappa shape index (κ2) is 7.47.